The maximum absolute atomic E-state index is 13.7. The van der Waals surface area contributed by atoms with Gasteiger partial charge in [0.1, 0.15) is 11.6 Å². The van der Waals surface area contributed by atoms with Crippen LogP contribution in [0.5, 0.6) is 0 Å². The van der Waals surface area contributed by atoms with Gasteiger partial charge in [0.25, 0.3) is 0 Å². The zero-order valence-corrected chi connectivity index (χ0v) is 18.0. The SMILES string of the molecule is Cc1ccc(S(=O)(=O)N2C(CCn3ccnc3C)CCC2c2ccc(F)cc2)cc1. The van der Waals surface area contributed by atoms with Crippen molar-refractivity contribution in [1.29, 1.82) is 0 Å². The number of rotatable bonds is 6. The van der Waals surface area contributed by atoms with Gasteiger partial charge in [0.05, 0.1) is 10.9 Å². The Balaban J connectivity index is 1.68. The van der Waals surface area contributed by atoms with Crippen LogP contribution >= 0.6 is 0 Å². The zero-order chi connectivity index (χ0) is 21.3. The van der Waals surface area contributed by atoms with Gasteiger partial charge in [-0.2, -0.15) is 4.31 Å². The third kappa shape index (κ3) is 4.04. The van der Waals surface area contributed by atoms with Crippen LogP contribution in [0.4, 0.5) is 4.39 Å². The van der Waals surface area contributed by atoms with Crippen molar-refractivity contribution in [2.75, 3.05) is 0 Å². The molecule has 0 saturated carbocycles. The number of hydrogen-bond donors (Lipinski definition) is 0. The Hall–Kier alpha value is -2.51. The highest BCUT2D eigenvalue weighted by Gasteiger charge is 2.42. The van der Waals surface area contributed by atoms with Crippen molar-refractivity contribution in [3.8, 4) is 0 Å². The molecule has 2 aromatic carbocycles. The van der Waals surface area contributed by atoms with Crippen LogP contribution < -0.4 is 0 Å². The van der Waals surface area contributed by atoms with Gasteiger partial charge >= 0.3 is 0 Å². The fourth-order valence-electron chi connectivity index (χ4n) is 4.25. The van der Waals surface area contributed by atoms with Crippen LogP contribution in [0.3, 0.4) is 0 Å². The Kier molecular flexibility index (Phi) is 5.75. The number of imidazole rings is 1. The lowest BCUT2D eigenvalue weighted by atomic mass is 10.1. The van der Waals surface area contributed by atoms with E-state index in [1.807, 2.05) is 36.7 Å². The second kappa shape index (κ2) is 8.32. The molecule has 158 valence electrons. The number of benzene rings is 2. The molecule has 1 aliphatic heterocycles. The number of aromatic nitrogens is 2. The van der Waals surface area contributed by atoms with E-state index in [-0.39, 0.29) is 17.9 Å². The normalized spacial score (nSPS) is 20.0. The first-order valence-electron chi connectivity index (χ1n) is 10.2. The highest BCUT2D eigenvalue weighted by Crippen LogP contribution is 2.41. The summed E-state index contributed by atoms with van der Waals surface area (Å²) in [6, 6.07) is 12.7. The van der Waals surface area contributed by atoms with E-state index >= 15 is 0 Å². The van der Waals surface area contributed by atoms with Crippen molar-refractivity contribution >= 4 is 10.0 Å². The molecule has 1 fully saturated rings. The van der Waals surface area contributed by atoms with E-state index in [1.165, 1.54) is 12.1 Å². The van der Waals surface area contributed by atoms with Crippen LogP contribution in [0, 0.1) is 19.7 Å². The van der Waals surface area contributed by atoms with E-state index in [2.05, 4.69) is 4.98 Å². The van der Waals surface area contributed by atoms with Crippen LogP contribution in [0.2, 0.25) is 0 Å². The molecule has 0 spiro atoms. The number of nitrogens with zero attached hydrogens (tertiary/aromatic N) is 3. The first-order chi connectivity index (χ1) is 14.4. The molecule has 2 atom stereocenters. The number of sulfonamides is 1. The predicted molar refractivity (Wildman–Crippen MR) is 114 cm³/mol. The summed E-state index contributed by atoms with van der Waals surface area (Å²) in [5.74, 6) is 0.591. The van der Waals surface area contributed by atoms with Gasteiger partial charge in [-0.1, -0.05) is 29.8 Å². The molecule has 0 N–H and O–H groups in total. The minimum absolute atomic E-state index is 0.131. The number of hydrogen-bond acceptors (Lipinski definition) is 3. The molecular weight excluding hydrogens is 401 g/mol. The van der Waals surface area contributed by atoms with E-state index in [9.17, 15) is 12.8 Å². The van der Waals surface area contributed by atoms with Gasteiger partial charge in [0.2, 0.25) is 10.0 Å². The van der Waals surface area contributed by atoms with Gasteiger partial charge in [-0.25, -0.2) is 17.8 Å². The summed E-state index contributed by atoms with van der Waals surface area (Å²) in [5.41, 5.74) is 1.84. The highest BCUT2D eigenvalue weighted by atomic mass is 32.2. The van der Waals surface area contributed by atoms with Gasteiger partial charge in [-0.3, -0.25) is 0 Å². The fourth-order valence-corrected chi connectivity index (χ4v) is 6.14. The van der Waals surface area contributed by atoms with Crippen molar-refractivity contribution in [2.24, 2.45) is 0 Å². The standard InChI is InChI=1S/C23H26FN3O2S/c1-17-3-10-22(11-4-17)30(28,29)27-21(13-15-26-16-14-25-18(26)2)9-12-23(27)19-5-7-20(24)8-6-19/h3-8,10-11,14,16,21,23H,9,12-13,15H2,1-2H3. The van der Waals surface area contributed by atoms with Crippen molar-refractivity contribution in [3.05, 3.63) is 83.7 Å². The number of aryl methyl sites for hydroxylation is 3. The van der Waals surface area contributed by atoms with E-state index in [4.69, 9.17) is 0 Å². The lowest BCUT2D eigenvalue weighted by molar-refractivity contribution is 0.303. The molecule has 1 saturated heterocycles. The molecule has 0 amide bonds. The summed E-state index contributed by atoms with van der Waals surface area (Å²) in [5, 5.41) is 0. The minimum atomic E-state index is -3.70. The maximum atomic E-state index is 13.7. The van der Waals surface area contributed by atoms with E-state index in [0.717, 1.165) is 23.4 Å². The molecule has 2 heterocycles. The quantitative estimate of drug-likeness (QED) is 0.577. The number of halogens is 1. The second-order valence-electron chi connectivity index (χ2n) is 7.90. The lowest BCUT2D eigenvalue weighted by Crippen LogP contribution is -2.38. The maximum Gasteiger partial charge on any atom is 0.243 e. The third-order valence-corrected chi connectivity index (χ3v) is 7.89. The van der Waals surface area contributed by atoms with Crippen molar-refractivity contribution < 1.29 is 12.8 Å². The first kappa shape index (κ1) is 20.8. The fraction of sp³-hybridized carbons (Fsp3) is 0.348. The predicted octanol–water partition coefficient (Wildman–Crippen LogP) is 4.62. The second-order valence-corrected chi connectivity index (χ2v) is 9.75. The van der Waals surface area contributed by atoms with E-state index in [0.29, 0.717) is 24.3 Å². The van der Waals surface area contributed by atoms with Crippen LogP contribution in [0.15, 0.2) is 65.8 Å². The monoisotopic (exact) mass is 427 g/mol. The summed E-state index contributed by atoms with van der Waals surface area (Å²) < 4.78 is 44.5. The average molecular weight is 428 g/mol. The molecule has 5 nitrogen and oxygen atoms in total. The van der Waals surface area contributed by atoms with Crippen LogP contribution in [0.25, 0.3) is 0 Å². The van der Waals surface area contributed by atoms with E-state index in [1.54, 1.807) is 34.8 Å². The summed E-state index contributed by atoms with van der Waals surface area (Å²) >= 11 is 0. The Morgan fingerprint density at radius 2 is 1.73 bits per heavy atom. The Labute approximate surface area is 177 Å². The largest absolute Gasteiger partial charge is 0.335 e. The van der Waals surface area contributed by atoms with Gasteiger partial charge in [0, 0.05) is 25.0 Å². The molecule has 7 heteroatoms. The minimum Gasteiger partial charge on any atom is -0.335 e. The lowest BCUT2D eigenvalue weighted by Gasteiger charge is -2.30. The van der Waals surface area contributed by atoms with E-state index < -0.39 is 10.0 Å². The Morgan fingerprint density at radius 1 is 1.03 bits per heavy atom. The highest BCUT2D eigenvalue weighted by molar-refractivity contribution is 7.89. The smallest absolute Gasteiger partial charge is 0.243 e. The Morgan fingerprint density at radius 3 is 2.37 bits per heavy atom. The first-order valence-corrected chi connectivity index (χ1v) is 11.6. The summed E-state index contributed by atoms with van der Waals surface area (Å²) in [6.07, 6.45) is 5.85. The third-order valence-electron chi connectivity index (χ3n) is 5.92. The van der Waals surface area contributed by atoms with Gasteiger partial charge < -0.3 is 4.57 Å². The van der Waals surface area contributed by atoms with Gasteiger partial charge in [-0.15, -0.1) is 0 Å². The van der Waals surface area contributed by atoms with Crippen LogP contribution in [-0.2, 0) is 16.6 Å². The van der Waals surface area contributed by atoms with Gasteiger partial charge in [0.15, 0.2) is 0 Å². The molecule has 0 aliphatic carbocycles. The molecule has 1 aliphatic rings. The van der Waals surface area contributed by atoms with Crippen molar-refractivity contribution in [3.63, 3.8) is 0 Å². The summed E-state index contributed by atoms with van der Waals surface area (Å²) in [6.45, 7) is 4.58. The topological polar surface area (TPSA) is 55.2 Å². The molecule has 1 aromatic heterocycles. The molecule has 0 bridgehead atoms. The average Bonchev–Trinajstić information content (AvgIpc) is 3.33. The van der Waals surface area contributed by atoms with Gasteiger partial charge in [-0.05, 0) is 62.9 Å². The molecule has 3 aromatic rings. The Bertz CT molecular complexity index is 1110. The molecule has 30 heavy (non-hydrogen) atoms. The van der Waals surface area contributed by atoms with Crippen LogP contribution in [-0.4, -0.2) is 28.3 Å². The van der Waals surface area contributed by atoms with Crippen LogP contribution in [0.1, 0.15) is 42.3 Å². The summed E-state index contributed by atoms with van der Waals surface area (Å²) in [4.78, 5) is 4.55. The van der Waals surface area contributed by atoms with Crippen molar-refractivity contribution in [1.82, 2.24) is 13.9 Å². The molecule has 2 unspecified atom stereocenters. The van der Waals surface area contributed by atoms with Crippen molar-refractivity contribution in [2.45, 2.75) is 56.6 Å². The molecule has 0 radical (unpaired) electrons. The molecule has 4 rings (SSSR count). The summed E-state index contributed by atoms with van der Waals surface area (Å²) in [7, 11) is -3.70. The zero-order valence-electron chi connectivity index (χ0n) is 17.2. The molecular formula is C23H26FN3O2S.